The first kappa shape index (κ1) is 20.8. The Kier molecular flexibility index (Phi) is 7.21. The molecule has 1 aromatic heterocycles. The number of nitrogens with zero attached hydrogens (tertiary/aromatic N) is 4. The van der Waals surface area contributed by atoms with Crippen molar-refractivity contribution in [2.75, 3.05) is 20.2 Å². The van der Waals surface area contributed by atoms with Gasteiger partial charge in [-0.1, -0.05) is 19.1 Å². The van der Waals surface area contributed by atoms with Crippen LogP contribution in [0.15, 0.2) is 30.6 Å². The topological polar surface area (TPSA) is 89.3 Å². The van der Waals surface area contributed by atoms with Crippen LogP contribution in [-0.2, 0) is 29.1 Å². The summed E-state index contributed by atoms with van der Waals surface area (Å²) in [7, 11) is 1.64. The summed E-state index contributed by atoms with van der Waals surface area (Å²) in [6.45, 7) is 4.34. The van der Waals surface area contributed by atoms with E-state index in [1.54, 1.807) is 18.3 Å². The van der Waals surface area contributed by atoms with E-state index in [0.717, 1.165) is 36.5 Å². The van der Waals surface area contributed by atoms with E-state index < -0.39 is 0 Å². The summed E-state index contributed by atoms with van der Waals surface area (Å²) in [5, 5.41) is 11.0. The molecule has 0 radical (unpaired) electrons. The van der Waals surface area contributed by atoms with Crippen LogP contribution in [0.3, 0.4) is 0 Å². The van der Waals surface area contributed by atoms with Gasteiger partial charge in [0, 0.05) is 26.1 Å². The lowest BCUT2D eigenvalue weighted by molar-refractivity contribution is -0.138. The SMILES string of the molecule is CCCn1cnnc1CNC(=O)[C@@H]1CCC(=O)N(CCc2ccc(OC)cc2)C1. The number of hydrogen-bond acceptors (Lipinski definition) is 5. The minimum absolute atomic E-state index is 0.0296. The van der Waals surface area contributed by atoms with Crippen molar-refractivity contribution in [3.8, 4) is 5.75 Å². The van der Waals surface area contributed by atoms with Crippen LogP contribution >= 0.6 is 0 Å². The van der Waals surface area contributed by atoms with E-state index in [0.29, 0.717) is 32.5 Å². The van der Waals surface area contributed by atoms with Gasteiger partial charge in [-0.25, -0.2) is 0 Å². The second-order valence-electron chi connectivity index (χ2n) is 7.33. The van der Waals surface area contributed by atoms with Crippen LogP contribution in [0.2, 0.25) is 0 Å². The zero-order valence-corrected chi connectivity index (χ0v) is 17.1. The number of ether oxygens (including phenoxy) is 1. The van der Waals surface area contributed by atoms with Gasteiger partial charge >= 0.3 is 0 Å². The first-order valence-corrected chi connectivity index (χ1v) is 10.2. The van der Waals surface area contributed by atoms with Crippen LogP contribution in [0.4, 0.5) is 0 Å². The third-order valence-corrected chi connectivity index (χ3v) is 5.28. The quantitative estimate of drug-likeness (QED) is 0.694. The lowest BCUT2D eigenvalue weighted by Crippen LogP contribution is -2.46. The van der Waals surface area contributed by atoms with Crippen LogP contribution in [0.25, 0.3) is 0 Å². The van der Waals surface area contributed by atoms with Crippen molar-refractivity contribution in [1.29, 1.82) is 0 Å². The van der Waals surface area contributed by atoms with Gasteiger partial charge in [-0.3, -0.25) is 9.59 Å². The van der Waals surface area contributed by atoms with Crippen molar-refractivity contribution >= 4 is 11.8 Å². The molecule has 0 unspecified atom stereocenters. The standard InChI is InChI=1S/C21H29N5O3/c1-3-11-26-15-23-24-19(26)13-22-21(28)17-6-9-20(27)25(14-17)12-10-16-4-7-18(29-2)8-5-16/h4-5,7-8,15,17H,3,6,9-14H2,1-2H3,(H,22,28)/t17-/m1/s1. The van der Waals surface area contributed by atoms with Crippen LogP contribution in [0, 0.1) is 5.92 Å². The van der Waals surface area contributed by atoms with Gasteiger partial charge in [-0.2, -0.15) is 0 Å². The highest BCUT2D eigenvalue weighted by Crippen LogP contribution is 2.19. The maximum atomic E-state index is 12.6. The molecular weight excluding hydrogens is 370 g/mol. The van der Waals surface area contributed by atoms with Gasteiger partial charge in [0.25, 0.3) is 0 Å². The molecule has 2 heterocycles. The van der Waals surface area contributed by atoms with Crippen LogP contribution in [-0.4, -0.2) is 51.7 Å². The summed E-state index contributed by atoms with van der Waals surface area (Å²) < 4.78 is 7.12. The van der Waals surface area contributed by atoms with Crippen molar-refractivity contribution in [3.05, 3.63) is 42.0 Å². The monoisotopic (exact) mass is 399 g/mol. The molecule has 1 aliphatic heterocycles. The molecular formula is C21H29N5O3. The van der Waals surface area contributed by atoms with E-state index in [-0.39, 0.29) is 17.7 Å². The number of carbonyl (C=O) groups is 2. The van der Waals surface area contributed by atoms with Crippen LogP contribution in [0.5, 0.6) is 5.75 Å². The molecule has 0 bridgehead atoms. The van der Waals surface area contributed by atoms with Gasteiger partial charge in [0.2, 0.25) is 11.8 Å². The average molecular weight is 399 g/mol. The minimum Gasteiger partial charge on any atom is -0.497 e. The first-order chi connectivity index (χ1) is 14.1. The number of aromatic nitrogens is 3. The molecule has 1 saturated heterocycles. The number of likely N-dealkylation sites (tertiary alicyclic amines) is 1. The molecule has 2 aromatic rings. The van der Waals surface area contributed by atoms with Gasteiger partial charge in [-0.05, 0) is 37.0 Å². The highest BCUT2D eigenvalue weighted by Gasteiger charge is 2.30. The molecule has 8 heteroatoms. The predicted molar refractivity (Wildman–Crippen MR) is 108 cm³/mol. The van der Waals surface area contributed by atoms with Crippen molar-refractivity contribution in [2.24, 2.45) is 5.92 Å². The lowest BCUT2D eigenvalue weighted by atomic mass is 9.96. The summed E-state index contributed by atoms with van der Waals surface area (Å²) in [5.74, 6) is 1.46. The lowest BCUT2D eigenvalue weighted by Gasteiger charge is -2.32. The Labute approximate surface area is 171 Å². The number of methoxy groups -OCH3 is 1. The zero-order valence-electron chi connectivity index (χ0n) is 17.1. The Balaban J connectivity index is 1.50. The highest BCUT2D eigenvalue weighted by molar-refractivity contribution is 5.83. The Morgan fingerprint density at radius 2 is 2.07 bits per heavy atom. The normalized spacial score (nSPS) is 16.7. The fourth-order valence-corrected chi connectivity index (χ4v) is 3.56. The summed E-state index contributed by atoms with van der Waals surface area (Å²) in [6.07, 6.45) is 4.42. The molecule has 1 aliphatic rings. The summed E-state index contributed by atoms with van der Waals surface area (Å²) in [6, 6.07) is 7.84. The maximum Gasteiger partial charge on any atom is 0.225 e. The zero-order chi connectivity index (χ0) is 20.6. The fraction of sp³-hybridized carbons (Fsp3) is 0.524. The number of hydrogen-bond donors (Lipinski definition) is 1. The van der Waals surface area contributed by atoms with Gasteiger partial charge in [0.05, 0.1) is 19.6 Å². The molecule has 8 nitrogen and oxygen atoms in total. The first-order valence-electron chi connectivity index (χ1n) is 10.2. The van der Waals surface area contributed by atoms with E-state index in [4.69, 9.17) is 4.74 Å². The Hall–Kier alpha value is -2.90. The Morgan fingerprint density at radius 1 is 1.28 bits per heavy atom. The number of nitrogens with one attached hydrogen (secondary N) is 1. The Morgan fingerprint density at radius 3 is 2.79 bits per heavy atom. The smallest absolute Gasteiger partial charge is 0.225 e. The van der Waals surface area contributed by atoms with E-state index in [2.05, 4.69) is 22.4 Å². The highest BCUT2D eigenvalue weighted by atomic mass is 16.5. The largest absolute Gasteiger partial charge is 0.497 e. The molecule has 156 valence electrons. The molecule has 0 saturated carbocycles. The molecule has 29 heavy (non-hydrogen) atoms. The van der Waals surface area contributed by atoms with Gasteiger partial charge in [0.1, 0.15) is 12.1 Å². The molecule has 1 atom stereocenters. The fourth-order valence-electron chi connectivity index (χ4n) is 3.56. The number of rotatable bonds is 9. The summed E-state index contributed by atoms with van der Waals surface area (Å²) in [5.41, 5.74) is 1.14. The number of benzene rings is 1. The molecule has 0 aliphatic carbocycles. The van der Waals surface area contributed by atoms with Gasteiger partial charge < -0.3 is 19.5 Å². The third-order valence-electron chi connectivity index (χ3n) is 5.28. The number of piperidine rings is 1. The summed E-state index contributed by atoms with van der Waals surface area (Å²) in [4.78, 5) is 26.7. The molecule has 2 amide bonds. The Bertz CT molecular complexity index is 818. The third kappa shape index (κ3) is 5.56. The number of aryl methyl sites for hydroxylation is 1. The number of amides is 2. The molecule has 3 rings (SSSR count). The van der Waals surface area contributed by atoms with Crippen molar-refractivity contribution in [2.45, 2.75) is 45.7 Å². The number of carbonyl (C=O) groups excluding carboxylic acids is 2. The van der Waals surface area contributed by atoms with Crippen molar-refractivity contribution in [1.82, 2.24) is 25.0 Å². The molecule has 1 fully saturated rings. The van der Waals surface area contributed by atoms with Crippen molar-refractivity contribution < 1.29 is 14.3 Å². The van der Waals surface area contributed by atoms with Crippen molar-refractivity contribution in [3.63, 3.8) is 0 Å². The van der Waals surface area contributed by atoms with Gasteiger partial charge in [-0.15, -0.1) is 10.2 Å². The van der Waals surface area contributed by atoms with E-state index in [1.165, 1.54) is 0 Å². The van der Waals surface area contributed by atoms with Gasteiger partial charge in [0.15, 0.2) is 5.82 Å². The van der Waals surface area contributed by atoms with E-state index in [1.807, 2.05) is 28.8 Å². The second-order valence-corrected chi connectivity index (χ2v) is 7.33. The average Bonchev–Trinajstić information content (AvgIpc) is 3.19. The second kappa shape index (κ2) is 10.0. The summed E-state index contributed by atoms with van der Waals surface area (Å²) >= 11 is 0. The van der Waals surface area contributed by atoms with E-state index >= 15 is 0 Å². The van der Waals surface area contributed by atoms with E-state index in [9.17, 15) is 9.59 Å². The maximum absolute atomic E-state index is 12.6. The van der Waals surface area contributed by atoms with Crippen LogP contribution in [0.1, 0.15) is 37.6 Å². The molecule has 0 spiro atoms. The minimum atomic E-state index is -0.189. The molecule has 1 N–H and O–H groups in total. The van der Waals surface area contributed by atoms with Crippen LogP contribution < -0.4 is 10.1 Å². The predicted octanol–water partition coefficient (Wildman–Crippen LogP) is 1.79. The molecule has 1 aromatic carbocycles.